The summed E-state index contributed by atoms with van der Waals surface area (Å²) in [6.07, 6.45) is 3.09. The smallest absolute Gasteiger partial charge is 0.237 e. The highest BCUT2D eigenvalue weighted by Gasteiger charge is 2.30. The summed E-state index contributed by atoms with van der Waals surface area (Å²) in [6.45, 7) is 1.02. The van der Waals surface area contributed by atoms with Gasteiger partial charge in [-0.3, -0.25) is 9.48 Å². The van der Waals surface area contributed by atoms with Crippen LogP contribution in [-0.2, 0) is 11.3 Å². The maximum Gasteiger partial charge on any atom is 0.237 e. The van der Waals surface area contributed by atoms with Crippen molar-refractivity contribution in [3.8, 4) is 28.8 Å². The molecular weight excluding hydrogens is 447 g/mol. The van der Waals surface area contributed by atoms with Crippen molar-refractivity contribution < 1.29 is 13.9 Å². The standard InChI is InChI=1S/C26H23FN6O2/c27-21-15-19(35-18-6-2-1-3-7-18)8-9-20(21)25-24-22(11-13-30-26(24)29)33(31-25)16-17-5-4-14-32(17)23(34)10-12-28/h1-3,6-9,11,13,15,17H,4-5,10,14,16H2,(H2,29,30)/t17-/m0/s1. The number of carbonyl (C=O) groups is 1. The molecule has 9 heteroatoms. The molecule has 0 unspecified atom stereocenters. The van der Waals surface area contributed by atoms with E-state index in [2.05, 4.69) is 4.98 Å². The van der Waals surface area contributed by atoms with E-state index in [0.717, 1.165) is 12.8 Å². The second kappa shape index (κ2) is 9.43. The molecule has 1 aliphatic heterocycles. The Bertz CT molecular complexity index is 1430. The molecule has 2 aromatic carbocycles. The van der Waals surface area contributed by atoms with E-state index in [1.165, 1.54) is 6.07 Å². The van der Waals surface area contributed by atoms with E-state index in [1.54, 1.807) is 46.1 Å². The molecule has 0 saturated carbocycles. The van der Waals surface area contributed by atoms with Gasteiger partial charge in [-0.25, -0.2) is 9.37 Å². The number of nitrogens with two attached hydrogens (primary N) is 1. The minimum absolute atomic E-state index is 0.104. The molecule has 2 aromatic heterocycles. The molecule has 4 aromatic rings. The molecule has 5 rings (SSSR count). The van der Waals surface area contributed by atoms with Crippen LogP contribution < -0.4 is 10.5 Å². The number of likely N-dealkylation sites (tertiary alicyclic amines) is 1. The third kappa shape index (κ3) is 4.38. The largest absolute Gasteiger partial charge is 0.457 e. The number of rotatable bonds is 6. The number of fused-ring (bicyclic) bond motifs is 1. The molecule has 0 aliphatic carbocycles. The summed E-state index contributed by atoms with van der Waals surface area (Å²) in [5.74, 6) is 0.532. The fourth-order valence-electron chi connectivity index (χ4n) is 4.58. The van der Waals surface area contributed by atoms with Crippen molar-refractivity contribution in [1.29, 1.82) is 5.26 Å². The third-order valence-corrected chi connectivity index (χ3v) is 6.18. The molecule has 2 N–H and O–H groups in total. The summed E-state index contributed by atoms with van der Waals surface area (Å²) in [5, 5.41) is 14.2. The predicted octanol–water partition coefficient (Wildman–Crippen LogP) is 4.52. The molecule has 0 bridgehead atoms. The van der Waals surface area contributed by atoms with Crippen LogP contribution in [0, 0.1) is 17.1 Å². The summed E-state index contributed by atoms with van der Waals surface area (Å²) in [5.41, 5.74) is 7.56. The minimum Gasteiger partial charge on any atom is -0.457 e. The van der Waals surface area contributed by atoms with Crippen LogP contribution >= 0.6 is 0 Å². The van der Waals surface area contributed by atoms with Crippen molar-refractivity contribution >= 4 is 22.6 Å². The number of aromatic nitrogens is 3. The molecule has 0 spiro atoms. The van der Waals surface area contributed by atoms with E-state index in [4.69, 9.17) is 20.8 Å². The molecule has 35 heavy (non-hydrogen) atoms. The number of hydrogen-bond acceptors (Lipinski definition) is 6. The van der Waals surface area contributed by atoms with Crippen LogP contribution in [0.1, 0.15) is 19.3 Å². The van der Waals surface area contributed by atoms with E-state index < -0.39 is 5.82 Å². The number of amides is 1. The third-order valence-electron chi connectivity index (χ3n) is 6.18. The summed E-state index contributed by atoms with van der Waals surface area (Å²) in [6, 6.07) is 17.4. The zero-order valence-corrected chi connectivity index (χ0v) is 18.9. The van der Waals surface area contributed by atoms with Gasteiger partial charge in [0, 0.05) is 24.4 Å². The number of hydrogen-bond donors (Lipinski definition) is 1. The molecular formula is C26H23FN6O2. The number of ether oxygens (including phenoxy) is 1. The molecule has 1 amide bonds. The lowest BCUT2D eigenvalue weighted by Gasteiger charge is -2.24. The number of benzene rings is 2. The van der Waals surface area contributed by atoms with E-state index in [9.17, 15) is 4.79 Å². The van der Waals surface area contributed by atoms with Crippen LogP contribution in [0.25, 0.3) is 22.2 Å². The molecule has 8 nitrogen and oxygen atoms in total. The summed E-state index contributed by atoms with van der Waals surface area (Å²) in [4.78, 5) is 18.3. The van der Waals surface area contributed by atoms with Crippen molar-refractivity contribution in [2.75, 3.05) is 12.3 Å². The summed E-state index contributed by atoms with van der Waals surface area (Å²) < 4.78 is 22.8. The first-order valence-electron chi connectivity index (χ1n) is 11.4. The topological polar surface area (TPSA) is 110 Å². The van der Waals surface area contributed by atoms with Gasteiger partial charge in [0.25, 0.3) is 0 Å². The molecule has 1 saturated heterocycles. The van der Waals surface area contributed by atoms with E-state index in [0.29, 0.717) is 41.2 Å². The number of carbonyl (C=O) groups excluding carboxylic acids is 1. The maximum atomic E-state index is 15.3. The molecule has 1 fully saturated rings. The molecule has 1 atom stereocenters. The van der Waals surface area contributed by atoms with E-state index >= 15 is 4.39 Å². The number of nitriles is 1. The Kier molecular flexibility index (Phi) is 6.02. The van der Waals surface area contributed by atoms with Crippen molar-refractivity contribution in [1.82, 2.24) is 19.7 Å². The zero-order chi connectivity index (χ0) is 24.4. The maximum absolute atomic E-state index is 15.3. The van der Waals surface area contributed by atoms with Gasteiger partial charge in [0.2, 0.25) is 5.91 Å². The Balaban J connectivity index is 1.50. The average molecular weight is 471 g/mol. The van der Waals surface area contributed by atoms with Gasteiger partial charge < -0.3 is 15.4 Å². The van der Waals surface area contributed by atoms with Crippen LogP contribution in [-0.4, -0.2) is 38.2 Å². The van der Waals surface area contributed by atoms with Gasteiger partial charge in [-0.05, 0) is 43.2 Å². The normalized spacial score (nSPS) is 15.3. The lowest BCUT2D eigenvalue weighted by Crippen LogP contribution is -2.38. The minimum atomic E-state index is -0.500. The zero-order valence-electron chi connectivity index (χ0n) is 18.9. The number of anilines is 1. The van der Waals surface area contributed by atoms with Crippen molar-refractivity contribution in [2.45, 2.75) is 31.8 Å². The van der Waals surface area contributed by atoms with Gasteiger partial charge in [0.1, 0.15) is 35.2 Å². The van der Waals surface area contributed by atoms with Crippen LogP contribution in [0.4, 0.5) is 10.2 Å². The van der Waals surface area contributed by atoms with Crippen LogP contribution in [0.5, 0.6) is 11.5 Å². The lowest BCUT2D eigenvalue weighted by atomic mass is 10.1. The van der Waals surface area contributed by atoms with Crippen LogP contribution in [0.15, 0.2) is 60.8 Å². The summed E-state index contributed by atoms with van der Waals surface area (Å²) in [7, 11) is 0. The number of nitrogens with zero attached hydrogens (tertiary/aromatic N) is 5. The highest BCUT2D eigenvalue weighted by Crippen LogP contribution is 2.35. The van der Waals surface area contributed by atoms with Crippen molar-refractivity contribution in [2.24, 2.45) is 0 Å². The Morgan fingerprint density at radius 1 is 1.20 bits per heavy atom. The van der Waals surface area contributed by atoms with Gasteiger partial charge >= 0.3 is 0 Å². The second-order valence-electron chi connectivity index (χ2n) is 8.40. The van der Waals surface area contributed by atoms with Crippen LogP contribution in [0.3, 0.4) is 0 Å². The highest BCUT2D eigenvalue weighted by atomic mass is 19.1. The Morgan fingerprint density at radius 2 is 2.03 bits per heavy atom. The monoisotopic (exact) mass is 470 g/mol. The number of nitrogen functional groups attached to an aromatic ring is 1. The number of para-hydroxylation sites is 1. The van der Waals surface area contributed by atoms with Gasteiger partial charge in [0.05, 0.1) is 29.6 Å². The molecule has 176 valence electrons. The second-order valence-corrected chi connectivity index (χ2v) is 8.40. The van der Waals surface area contributed by atoms with Crippen molar-refractivity contribution in [3.05, 3.63) is 66.6 Å². The van der Waals surface area contributed by atoms with E-state index in [-0.39, 0.29) is 29.8 Å². The molecule has 0 radical (unpaired) electrons. The predicted molar refractivity (Wildman–Crippen MR) is 129 cm³/mol. The Morgan fingerprint density at radius 3 is 2.80 bits per heavy atom. The quantitative estimate of drug-likeness (QED) is 0.444. The first-order chi connectivity index (χ1) is 17.0. The van der Waals surface area contributed by atoms with Gasteiger partial charge in [0.15, 0.2) is 0 Å². The van der Waals surface area contributed by atoms with Gasteiger partial charge in [-0.1, -0.05) is 18.2 Å². The fourth-order valence-corrected chi connectivity index (χ4v) is 4.58. The van der Waals surface area contributed by atoms with Crippen LogP contribution in [0.2, 0.25) is 0 Å². The van der Waals surface area contributed by atoms with E-state index in [1.807, 2.05) is 24.3 Å². The first-order valence-corrected chi connectivity index (χ1v) is 11.4. The molecule has 3 heterocycles. The van der Waals surface area contributed by atoms with Crippen molar-refractivity contribution in [3.63, 3.8) is 0 Å². The van der Waals surface area contributed by atoms with Gasteiger partial charge in [-0.15, -0.1) is 0 Å². The Hall–Kier alpha value is -4.45. The Labute approximate surface area is 201 Å². The lowest BCUT2D eigenvalue weighted by molar-refractivity contribution is -0.131. The number of halogens is 1. The SMILES string of the molecule is N#CCC(=O)N1CCC[C@H]1Cn1nc(-c2ccc(Oc3ccccc3)cc2F)c2c(N)nccc21. The first kappa shape index (κ1) is 22.3. The highest BCUT2D eigenvalue weighted by molar-refractivity contribution is 6.00. The fraction of sp³-hybridized carbons (Fsp3) is 0.231. The average Bonchev–Trinajstić information content (AvgIpc) is 3.46. The van der Waals surface area contributed by atoms with Gasteiger partial charge in [-0.2, -0.15) is 10.4 Å². The number of pyridine rings is 1. The molecule has 1 aliphatic rings. The summed E-state index contributed by atoms with van der Waals surface area (Å²) >= 11 is 0.